The molecule has 3 rings (SSSR count). The van der Waals surface area contributed by atoms with E-state index in [2.05, 4.69) is 5.32 Å². The predicted octanol–water partition coefficient (Wildman–Crippen LogP) is 2.19. The number of ether oxygens (including phenoxy) is 1. The lowest BCUT2D eigenvalue weighted by molar-refractivity contribution is -0.114. The Labute approximate surface area is 189 Å². The van der Waals surface area contributed by atoms with Crippen LogP contribution in [0.5, 0.6) is 5.75 Å². The summed E-state index contributed by atoms with van der Waals surface area (Å²) in [6, 6.07) is 11.0. The average Bonchev–Trinajstić information content (AvgIpc) is 3.27. The molecule has 0 spiro atoms. The van der Waals surface area contributed by atoms with E-state index in [1.807, 2.05) is 13.0 Å². The fourth-order valence-corrected chi connectivity index (χ4v) is 5.92. The highest BCUT2D eigenvalue weighted by molar-refractivity contribution is 7.92. The van der Waals surface area contributed by atoms with Crippen LogP contribution in [0.25, 0.3) is 0 Å². The highest BCUT2D eigenvalue weighted by atomic mass is 32.2. The molecule has 0 radical (unpaired) electrons. The number of carbonyl (C=O) groups is 1. The van der Waals surface area contributed by atoms with Crippen LogP contribution in [0.4, 0.5) is 11.4 Å². The number of anilines is 2. The minimum atomic E-state index is -3.74. The third kappa shape index (κ3) is 5.40. The number of hydrogen-bond donors (Lipinski definition) is 1. The van der Waals surface area contributed by atoms with Crippen molar-refractivity contribution in [3.63, 3.8) is 0 Å². The van der Waals surface area contributed by atoms with Gasteiger partial charge in [-0.3, -0.25) is 9.10 Å². The molecule has 32 heavy (non-hydrogen) atoms. The van der Waals surface area contributed by atoms with Crippen molar-refractivity contribution in [3.8, 4) is 5.75 Å². The molecule has 1 aliphatic rings. The van der Waals surface area contributed by atoms with Crippen molar-refractivity contribution in [2.24, 2.45) is 0 Å². The van der Waals surface area contributed by atoms with E-state index in [9.17, 15) is 21.6 Å². The molecule has 0 unspecified atom stereocenters. The Balaban J connectivity index is 1.87. The van der Waals surface area contributed by atoms with Gasteiger partial charge in [0.05, 0.1) is 29.6 Å². The fourth-order valence-electron chi connectivity index (χ4n) is 3.53. The number of methoxy groups -OCH3 is 1. The van der Waals surface area contributed by atoms with E-state index >= 15 is 0 Å². The topological polar surface area (TPSA) is 113 Å². The fraction of sp³-hybridized carbons (Fsp3) is 0.381. The molecule has 1 saturated heterocycles. The van der Waals surface area contributed by atoms with E-state index < -0.39 is 32.5 Å². The Kier molecular flexibility index (Phi) is 7.11. The van der Waals surface area contributed by atoms with Crippen molar-refractivity contribution < 1.29 is 26.4 Å². The van der Waals surface area contributed by atoms with Gasteiger partial charge in [0.1, 0.15) is 12.3 Å². The van der Waals surface area contributed by atoms with Gasteiger partial charge in [0, 0.05) is 13.1 Å². The van der Waals surface area contributed by atoms with Crippen LogP contribution >= 0.6 is 0 Å². The number of aryl methyl sites for hydroxylation is 1. The normalized spacial score (nSPS) is 14.8. The van der Waals surface area contributed by atoms with Gasteiger partial charge in [-0.1, -0.05) is 12.1 Å². The summed E-state index contributed by atoms with van der Waals surface area (Å²) >= 11 is 0. The highest BCUT2D eigenvalue weighted by Crippen LogP contribution is 2.30. The van der Waals surface area contributed by atoms with Crippen molar-refractivity contribution in [2.75, 3.05) is 42.6 Å². The Morgan fingerprint density at radius 1 is 1.09 bits per heavy atom. The Hall–Kier alpha value is -2.63. The minimum absolute atomic E-state index is 0.0363. The number of amides is 1. The lowest BCUT2D eigenvalue weighted by Crippen LogP contribution is -2.37. The summed E-state index contributed by atoms with van der Waals surface area (Å²) < 4.78 is 58.1. The monoisotopic (exact) mass is 481 g/mol. The summed E-state index contributed by atoms with van der Waals surface area (Å²) in [6.07, 6.45) is 2.63. The number of hydrogen-bond acceptors (Lipinski definition) is 6. The van der Waals surface area contributed by atoms with Gasteiger partial charge in [-0.2, -0.15) is 4.31 Å². The Bertz CT molecular complexity index is 1210. The first-order valence-corrected chi connectivity index (χ1v) is 13.3. The molecule has 2 aromatic carbocycles. The first-order chi connectivity index (χ1) is 15.0. The SMILES string of the molecule is COc1ccc(S(=O)(=O)N2CCCC2)cc1NC(=O)CN(c1cccc(C)c1)S(C)(=O)=O. The van der Waals surface area contributed by atoms with Crippen LogP contribution in [-0.4, -0.2) is 60.0 Å². The second kappa shape index (κ2) is 9.47. The summed E-state index contributed by atoms with van der Waals surface area (Å²) in [5.74, 6) is -0.369. The lowest BCUT2D eigenvalue weighted by Gasteiger charge is -2.23. The van der Waals surface area contributed by atoms with Gasteiger partial charge in [-0.25, -0.2) is 16.8 Å². The van der Waals surface area contributed by atoms with Gasteiger partial charge in [0.25, 0.3) is 0 Å². The maximum absolute atomic E-state index is 12.9. The van der Waals surface area contributed by atoms with Gasteiger partial charge >= 0.3 is 0 Å². The number of benzene rings is 2. The highest BCUT2D eigenvalue weighted by Gasteiger charge is 2.28. The number of nitrogens with zero attached hydrogens (tertiary/aromatic N) is 2. The zero-order valence-corrected chi connectivity index (χ0v) is 19.9. The predicted molar refractivity (Wildman–Crippen MR) is 123 cm³/mol. The summed E-state index contributed by atoms with van der Waals surface area (Å²) in [6.45, 7) is 2.25. The summed E-state index contributed by atoms with van der Waals surface area (Å²) in [4.78, 5) is 12.8. The van der Waals surface area contributed by atoms with Crippen molar-refractivity contribution in [1.29, 1.82) is 0 Å². The Morgan fingerprint density at radius 3 is 2.38 bits per heavy atom. The van der Waals surface area contributed by atoms with Crippen LogP contribution in [0.3, 0.4) is 0 Å². The van der Waals surface area contributed by atoms with Crippen LogP contribution in [0.1, 0.15) is 18.4 Å². The molecule has 0 atom stereocenters. The third-order valence-electron chi connectivity index (χ3n) is 5.13. The maximum atomic E-state index is 12.9. The number of nitrogens with one attached hydrogen (secondary N) is 1. The molecule has 0 aromatic heterocycles. The quantitative estimate of drug-likeness (QED) is 0.618. The van der Waals surface area contributed by atoms with Crippen LogP contribution in [-0.2, 0) is 24.8 Å². The first-order valence-electron chi connectivity index (χ1n) is 10.0. The van der Waals surface area contributed by atoms with E-state index in [-0.39, 0.29) is 16.3 Å². The van der Waals surface area contributed by atoms with Crippen LogP contribution in [0, 0.1) is 6.92 Å². The van der Waals surface area contributed by atoms with Gasteiger partial charge in [0.15, 0.2) is 0 Å². The Morgan fingerprint density at radius 2 is 1.78 bits per heavy atom. The average molecular weight is 482 g/mol. The summed E-state index contributed by atoms with van der Waals surface area (Å²) in [5.41, 5.74) is 1.36. The largest absolute Gasteiger partial charge is 0.495 e. The van der Waals surface area contributed by atoms with E-state index in [1.54, 1.807) is 18.2 Å². The van der Waals surface area contributed by atoms with Crippen molar-refractivity contribution in [3.05, 3.63) is 48.0 Å². The van der Waals surface area contributed by atoms with E-state index in [0.29, 0.717) is 18.8 Å². The maximum Gasteiger partial charge on any atom is 0.245 e. The second-order valence-electron chi connectivity index (χ2n) is 7.63. The first kappa shape index (κ1) is 24.0. The standard InChI is InChI=1S/C21H27N3O6S2/c1-16-7-6-8-17(13-16)24(31(3,26)27)15-21(25)22-19-14-18(9-10-20(19)30-2)32(28,29)23-11-4-5-12-23/h6-10,13-14H,4-5,11-12,15H2,1-3H3,(H,22,25). The summed E-state index contributed by atoms with van der Waals surface area (Å²) in [7, 11) is -6.04. The molecule has 11 heteroatoms. The van der Waals surface area contributed by atoms with E-state index in [1.165, 1.54) is 29.6 Å². The van der Waals surface area contributed by atoms with Crippen molar-refractivity contribution >= 4 is 37.3 Å². The van der Waals surface area contributed by atoms with Gasteiger partial charge in [0.2, 0.25) is 26.0 Å². The smallest absolute Gasteiger partial charge is 0.245 e. The molecule has 174 valence electrons. The summed E-state index contributed by atoms with van der Waals surface area (Å²) in [5, 5.41) is 2.60. The number of sulfonamides is 2. The van der Waals surface area contributed by atoms with Crippen LogP contribution in [0.2, 0.25) is 0 Å². The van der Waals surface area contributed by atoms with E-state index in [0.717, 1.165) is 29.0 Å². The van der Waals surface area contributed by atoms with Crippen LogP contribution < -0.4 is 14.4 Å². The zero-order valence-electron chi connectivity index (χ0n) is 18.2. The zero-order chi connectivity index (χ0) is 23.5. The molecule has 2 aromatic rings. The molecule has 1 fully saturated rings. The second-order valence-corrected chi connectivity index (χ2v) is 11.5. The van der Waals surface area contributed by atoms with Gasteiger partial charge in [-0.05, 0) is 55.7 Å². The molecule has 0 bridgehead atoms. The van der Waals surface area contributed by atoms with Gasteiger partial charge in [-0.15, -0.1) is 0 Å². The van der Waals surface area contributed by atoms with E-state index in [4.69, 9.17) is 4.74 Å². The molecule has 9 nitrogen and oxygen atoms in total. The van der Waals surface area contributed by atoms with Crippen molar-refractivity contribution in [1.82, 2.24) is 4.31 Å². The van der Waals surface area contributed by atoms with Crippen LogP contribution in [0.15, 0.2) is 47.4 Å². The molecule has 1 aliphatic heterocycles. The van der Waals surface area contributed by atoms with Crippen molar-refractivity contribution in [2.45, 2.75) is 24.7 Å². The lowest BCUT2D eigenvalue weighted by atomic mass is 10.2. The molecular formula is C21H27N3O6S2. The third-order valence-corrected chi connectivity index (χ3v) is 8.16. The molecule has 0 saturated carbocycles. The number of carbonyl (C=O) groups excluding carboxylic acids is 1. The van der Waals surface area contributed by atoms with Gasteiger partial charge < -0.3 is 10.1 Å². The minimum Gasteiger partial charge on any atom is -0.495 e. The molecule has 1 N–H and O–H groups in total. The number of rotatable bonds is 8. The molecule has 0 aliphatic carbocycles. The molecule has 1 amide bonds. The molecule has 1 heterocycles. The molecular weight excluding hydrogens is 454 g/mol.